The molecule has 0 aromatic heterocycles. The Morgan fingerprint density at radius 3 is 2.70 bits per heavy atom. The lowest BCUT2D eigenvalue weighted by Gasteiger charge is -2.37. The Labute approximate surface area is 120 Å². The van der Waals surface area contributed by atoms with E-state index in [4.69, 9.17) is 4.74 Å². The minimum Gasteiger partial charge on any atom is -0.496 e. The molecule has 0 saturated carbocycles. The van der Waals surface area contributed by atoms with Gasteiger partial charge in [-0.25, -0.2) is 8.42 Å². The van der Waals surface area contributed by atoms with Crippen molar-refractivity contribution >= 4 is 15.5 Å². The van der Waals surface area contributed by atoms with E-state index in [9.17, 15) is 13.5 Å². The van der Waals surface area contributed by atoms with Crippen LogP contribution in [-0.4, -0.2) is 44.7 Å². The maximum Gasteiger partial charge on any atom is 0.154 e. The fraction of sp³-hybridized carbons (Fsp3) is 0.571. The number of rotatable bonds is 3. The third-order valence-electron chi connectivity index (χ3n) is 3.66. The topological polar surface area (TPSA) is 66.8 Å². The number of ether oxygens (including phenoxy) is 1. The summed E-state index contributed by atoms with van der Waals surface area (Å²) < 4.78 is 28.7. The summed E-state index contributed by atoms with van der Waals surface area (Å²) in [5.74, 6) is 0.912. The van der Waals surface area contributed by atoms with Crippen LogP contribution >= 0.6 is 0 Å². The third kappa shape index (κ3) is 2.91. The van der Waals surface area contributed by atoms with Crippen LogP contribution in [0.1, 0.15) is 25.5 Å². The van der Waals surface area contributed by atoms with Gasteiger partial charge in [0.2, 0.25) is 0 Å². The number of aliphatic hydroxyl groups is 1. The fourth-order valence-corrected chi connectivity index (χ4v) is 4.29. The predicted octanol–water partition coefficient (Wildman–Crippen LogP) is 1.37. The summed E-state index contributed by atoms with van der Waals surface area (Å²) in [6.45, 7) is 4.02. The largest absolute Gasteiger partial charge is 0.496 e. The third-order valence-corrected chi connectivity index (χ3v) is 5.46. The standard InChI is InChI=1S/C14H21NO4S/c1-10-9-20(17,18)8-7-15(10)12-5-4-6-13(19-3)14(12)11(2)16/h4-6,10-11,16H,7-9H2,1-3H3. The minimum absolute atomic E-state index is 0.113. The van der Waals surface area contributed by atoms with Crippen molar-refractivity contribution in [2.75, 3.05) is 30.1 Å². The van der Waals surface area contributed by atoms with Gasteiger partial charge in [-0.05, 0) is 26.0 Å². The summed E-state index contributed by atoms with van der Waals surface area (Å²) in [6, 6.07) is 5.45. The van der Waals surface area contributed by atoms with E-state index in [0.29, 0.717) is 17.9 Å². The van der Waals surface area contributed by atoms with Gasteiger partial charge in [0, 0.05) is 23.8 Å². The number of aliphatic hydroxyl groups excluding tert-OH is 1. The van der Waals surface area contributed by atoms with Crippen molar-refractivity contribution in [3.05, 3.63) is 23.8 Å². The van der Waals surface area contributed by atoms with Crippen LogP contribution in [0.5, 0.6) is 5.75 Å². The Hall–Kier alpha value is -1.27. The molecular weight excluding hydrogens is 278 g/mol. The summed E-state index contributed by atoms with van der Waals surface area (Å²) in [5.41, 5.74) is 1.56. The normalized spacial score (nSPS) is 23.4. The molecule has 2 atom stereocenters. The zero-order valence-corrected chi connectivity index (χ0v) is 12.9. The van der Waals surface area contributed by atoms with Gasteiger partial charge in [-0.1, -0.05) is 6.07 Å². The number of methoxy groups -OCH3 is 1. The number of hydrogen-bond acceptors (Lipinski definition) is 5. The quantitative estimate of drug-likeness (QED) is 0.913. The van der Waals surface area contributed by atoms with Crippen molar-refractivity contribution in [3.8, 4) is 5.75 Å². The van der Waals surface area contributed by atoms with Crippen molar-refractivity contribution in [2.45, 2.75) is 26.0 Å². The first kappa shape index (κ1) is 15.1. The number of hydrogen-bond donors (Lipinski definition) is 1. The molecule has 2 rings (SSSR count). The maximum atomic E-state index is 11.7. The van der Waals surface area contributed by atoms with E-state index >= 15 is 0 Å². The van der Waals surface area contributed by atoms with Crippen LogP contribution in [0.2, 0.25) is 0 Å². The van der Waals surface area contributed by atoms with Crippen LogP contribution in [-0.2, 0) is 9.84 Å². The molecule has 1 saturated heterocycles. The highest BCUT2D eigenvalue weighted by molar-refractivity contribution is 7.91. The number of anilines is 1. The van der Waals surface area contributed by atoms with Crippen LogP contribution in [0.25, 0.3) is 0 Å². The molecular formula is C14H21NO4S. The van der Waals surface area contributed by atoms with Crippen molar-refractivity contribution in [1.29, 1.82) is 0 Å². The molecule has 0 spiro atoms. The average Bonchev–Trinajstić information content (AvgIpc) is 2.36. The van der Waals surface area contributed by atoms with Gasteiger partial charge in [0.05, 0.1) is 24.7 Å². The zero-order chi connectivity index (χ0) is 14.9. The molecule has 1 heterocycles. The fourth-order valence-electron chi connectivity index (χ4n) is 2.74. The Balaban J connectivity index is 2.43. The molecule has 0 bridgehead atoms. The molecule has 0 aliphatic carbocycles. The van der Waals surface area contributed by atoms with Crippen LogP contribution in [0, 0.1) is 0 Å². The molecule has 6 heteroatoms. The molecule has 5 nitrogen and oxygen atoms in total. The molecule has 1 aromatic carbocycles. The van der Waals surface area contributed by atoms with E-state index in [-0.39, 0.29) is 17.5 Å². The van der Waals surface area contributed by atoms with Gasteiger partial charge >= 0.3 is 0 Å². The van der Waals surface area contributed by atoms with Crippen molar-refractivity contribution in [1.82, 2.24) is 0 Å². The van der Waals surface area contributed by atoms with Gasteiger partial charge in [-0.3, -0.25) is 0 Å². The average molecular weight is 299 g/mol. The van der Waals surface area contributed by atoms with E-state index in [0.717, 1.165) is 5.69 Å². The van der Waals surface area contributed by atoms with E-state index in [1.165, 1.54) is 0 Å². The van der Waals surface area contributed by atoms with E-state index < -0.39 is 15.9 Å². The number of sulfone groups is 1. The highest BCUT2D eigenvalue weighted by Crippen LogP contribution is 2.36. The molecule has 1 aromatic rings. The minimum atomic E-state index is -2.96. The molecule has 1 aliphatic heterocycles. The number of nitrogens with zero attached hydrogens (tertiary/aromatic N) is 1. The summed E-state index contributed by atoms with van der Waals surface area (Å²) in [7, 11) is -1.39. The number of benzene rings is 1. The van der Waals surface area contributed by atoms with Crippen LogP contribution in [0.15, 0.2) is 18.2 Å². The lowest BCUT2D eigenvalue weighted by atomic mass is 10.0. The Morgan fingerprint density at radius 2 is 2.15 bits per heavy atom. The molecule has 112 valence electrons. The zero-order valence-electron chi connectivity index (χ0n) is 12.0. The van der Waals surface area contributed by atoms with Crippen molar-refractivity contribution in [2.24, 2.45) is 0 Å². The van der Waals surface area contributed by atoms with Crippen LogP contribution in [0.3, 0.4) is 0 Å². The van der Waals surface area contributed by atoms with E-state index in [1.807, 2.05) is 24.0 Å². The second-order valence-electron chi connectivity index (χ2n) is 5.23. The predicted molar refractivity (Wildman–Crippen MR) is 79.1 cm³/mol. The molecule has 20 heavy (non-hydrogen) atoms. The molecule has 1 aliphatic rings. The van der Waals surface area contributed by atoms with Gasteiger partial charge < -0.3 is 14.7 Å². The summed E-state index contributed by atoms with van der Waals surface area (Å²) in [4.78, 5) is 2.03. The monoisotopic (exact) mass is 299 g/mol. The Bertz CT molecular complexity index is 583. The van der Waals surface area contributed by atoms with Gasteiger partial charge in [0.1, 0.15) is 5.75 Å². The maximum absolute atomic E-state index is 11.7. The summed E-state index contributed by atoms with van der Waals surface area (Å²) in [5, 5.41) is 10.0. The highest BCUT2D eigenvalue weighted by atomic mass is 32.2. The summed E-state index contributed by atoms with van der Waals surface area (Å²) >= 11 is 0. The SMILES string of the molecule is COc1cccc(N2CCS(=O)(=O)CC2C)c1C(C)O. The summed E-state index contributed by atoms with van der Waals surface area (Å²) in [6.07, 6.45) is -0.674. The first-order valence-electron chi connectivity index (χ1n) is 6.67. The lowest BCUT2D eigenvalue weighted by Crippen LogP contribution is -2.47. The lowest BCUT2D eigenvalue weighted by molar-refractivity contribution is 0.194. The smallest absolute Gasteiger partial charge is 0.154 e. The van der Waals surface area contributed by atoms with Gasteiger partial charge in [0.25, 0.3) is 0 Å². The molecule has 1 fully saturated rings. The Kier molecular flexibility index (Phi) is 4.25. The molecule has 0 radical (unpaired) electrons. The first-order valence-corrected chi connectivity index (χ1v) is 8.50. The van der Waals surface area contributed by atoms with Crippen molar-refractivity contribution < 1.29 is 18.3 Å². The van der Waals surface area contributed by atoms with E-state index in [2.05, 4.69) is 0 Å². The van der Waals surface area contributed by atoms with E-state index in [1.54, 1.807) is 20.1 Å². The second kappa shape index (κ2) is 5.61. The van der Waals surface area contributed by atoms with Crippen LogP contribution in [0.4, 0.5) is 5.69 Å². The Morgan fingerprint density at radius 1 is 1.45 bits per heavy atom. The molecule has 2 unspecified atom stereocenters. The second-order valence-corrected chi connectivity index (χ2v) is 7.45. The van der Waals surface area contributed by atoms with Gasteiger partial charge in [0.15, 0.2) is 9.84 Å². The van der Waals surface area contributed by atoms with Gasteiger partial charge in [-0.15, -0.1) is 0 Å². The highest BCUT2D eigenvalue weighted by Gasteiger charge is 2.30. The first-order chi connectivity index (χ1) is 9.35. The molecule has 1 N–H and O–H groups in total. The van der Waals surface area contributed by atoms with Crippen molar-refractivity contribution in [3.63, 3.8) is 0 Å². The van der Waals surface area contributed by atoms with Gasteiger partial charge in [-0.2, -0.15) is 0 Å². The molecule has 0 amide bonds. The van der Waals surface area contributed by atoms with Crippen LogP contribution < -0.4 is 9.64 Å².